The highest BCUT2D eigenvalue weighted by atomic mass is 35.5. The van der Waals surface area contributed by atoms with Gasteiger partial charge < -0.3 is 5.32 Å². The minimum absolute atomic E-state index is 0. The van der Waals surface area contributed by atoms with E-state index in [1.807, 2.05) is 0 Å². The van der Waals surface area contributed by atoms with Gasteiger partial charge in [-0.15, -0.1) is 12.4 Å². The first-order valence-electron chi connectivity index (χ1n) is 11.6. The molecule has 2 aliphatic rings. The van der Waals surface area contributed by atoms with E-state index in [2.05, 4.69) is 85.9 Å². The van der Waals surface area contributed by atoms with Crippen LogP contribution in [-0.2, 0) is 0 Å². The lowest BCUT2D eigenvalue weighted by molar-refractivity contribution is 0.457. The lowest BCUT2D eigenvalue weighted by atomic mass is 9.80. The van der Waals surface area contributed by atoms with Gasteiger partial charge in [0.1, 0.15) is 0 Å². The maximum absolute atomic E-state index is 4.06. The van der Waals surface area contributed by atoms with E-state index in [0.717, 1.165) is 0 Å². The molecule has 1 N–H and O–H groups in total. The number of rotatable bonds is 8. The highest BCUT2D eigenvalue weighted by molar-refractivity contribution is 5.85. The molecule has 30 heavy (non-hydrogen) atoms. The molecule has 1 fully saturated rings. The number of anilines is 1. The van der Waals surface area contributed by atoms with Crippen molar-refractivity contribution in [2.45, 2.75) is 70.8 Å². The number of halogens is 1. The van der Waals surface area contributed by atoms with Crippen molar-refractivity contribution in [2.24, 2.45) is 5.92 Å². The second-order valence-corrected chi connectivity index (χ2v) is 8.74. The molecule has 4 rings (SSSR count). The largest absolute Gasteiger partial charge is 0.375 e. The number of fused-ring (bicyclic) bond motifs is 1. The summed E-state index contributed by atoms with van der Waals surface area (Å²) in [5, 5.41) is 4.06. The van der Waals surface area contributed by atoms with Crippen molar-refractivity contribution in [1.82, 2.24) is 0 Å². The maximum atomic E-state index is 4.06. The summed E-state index contributed by atoms with van der Waals surface area (Å²) in [5.41, 5.74) is 7.56. The van der Waals surface area contributed by atoms with Crippen LogP contribution in [0.1, 0.15) is 70.8 Å². The van der Waals surface area contributed by atoms with Gasteiger partial charge in [0.15, 0.2) is 0 Å². The summed E-state index contributed by atoms with van der Waals surface area (Å²) < 4.78 is 0. The molecule has 0 unspecified atom stereocenters. The Morgan fingerprint density at radius 3 is 2.37 bits per heavy atom. The van der Waals surface area contributed by atoms with Gasteiger partial charge in [0.05, 0.1) is 5.54 Å². The van der Waals surface area contributed by atoms with Gasteiger partial charge >= 0.3 is 0 Å². The normalized spacial score (nSPS) is 23.3. The van der Waals surface area contributed by atoms with Crippen LogP contribution in [0.5, 0.6) is 0 Å². The van der Waals surface area contributed by atoms with E-state index in [0.29, 0.717) is 5.92 Å². The van der Waals surface area contributed by atoms with E-state index in [-0.39, 0.29) is 17.9 Å². The van der Waals surface area contributed by atoms with E-state index in [1.165, 1.54) is 62.6 Å². The Kier molecular flexibility index (Phi) is 7.83. The zero-order valence-electron chi connectivity index (χ0n) is 18.5. The first-order valence-corrected chi connectivity index (χ1v) is 11.6. The number of hydrogen-bond acceptors (Lipinski definition) is 1. The smallest absolute Gasteiger partial charge is 0.0665 e. The summed E-state index contributed by atoms with van der Waals surface area (Å²) in [6, 6.07) is 22.1. The molecule has 0 spiro atoms. The van der Waals surface area contributed by atoms with Gasteiger partial charge in [-0.1, -0.05) is 87.7 Å². The lowest BCUT2D eigenvalue weighted by Crippen LogP contribution is -2.40. The Balaban J connectivity index is 0.00000256. The predicted octanol–water partition coefficient (Wildman–Crippen LogP) is 8.44. The van der Waals surface area contributed by atoms with Gasteiger partial charge in [0.2, 0.25) is 0 Å². The van der Waals surface area contributed by atoms with Crippen molar-refractivity contribution in [1.29, 1.82) is 0 Å². The van der Waals surface area contributed by atoms with Crippen LogP contribution in [0.15, 0.2) is 77.9 Å². The standard InChI is InChI=1S/C28H35N.ClH/c1-3-5-14-22(13-4-2)26-21-24-17-12-20-28(24,29-25-18-10-7-11-19-25)27(26)23-15-8-6-9-16-23;/h6-11,14-16,18-19,24,29H,3-5,12-13,17,20-21H2,1-2H3;1H/b22-14+;/t24-,28+;/m1./s1. The van der Waals surface area contributed by atoms with Crippen molar-refractivity contribution in [3.8, 4) is 0 Å². The summed E-state index contributed by atoms with van der Waals surface area (Å²) in [7, 11) is 0. The van der Waals surface area contributed by atoms with Crippen LogP contribution in [0.4, 0.5) is 5.69 Å². The SMILES string of the molecule is CCC/C=C(\CCC)C1=C(c2ccccc2)[C@]2(Nc3ccccc3)CCC[C@@H]2C1.Cl. The van der Waals surface area contributed by atoms with Crippen molar-refractivity contribution < 1.29 is 0 Å². The minimum Gasteiger partial charge on any atom is -0.375 e. The summed E-state index contributed by atoms with van der Waals surface area (Å²) in [6.45, 7) is 4.60. The average molecular weight is 422 g/mol. The van der Waals surface area contributed by atoms with Gasteiger partial charge in [-0.2, -0.15) is 0 Å². The Labute approximate surface area is 189 Å². The van der Waals surface area contributed by atoms with Gasteiger partial charge in [-0.3, -0.25) is 0 Å². The molecular weight excluding hydrogens is 386 g/mol. The van der Waals surface area contributed by atoms with Crippen LogP contribution in [0.3, 0.4) is 0 Å². The second-order valence-electron chi connectivity index (χ2n) is 8.74. The van der Waals surface area contributed by atoms with Crippen LogP contribution in [0.2, 0.25) is 0 Å². The van der Waals surface area contributed by atoms with Gasteiger partial charge in [-0.25, -0.2) is 0 Å². The van der Waals surface area contributed by atoms with Gasteiger partial charge in [-0.05, 0) is 72.4 Å². The average Bonchev–Trinajstić information content (AvgIpc) is 3.28. The molecule has 2 aromatic carbocycles. The molecule has 160 valence electrons. The zero-order chi connectivity index (χ0) is 20.1. The molecule has 0 aliphatic heterocycles. The van der Waals surface area contributed by atoms with E-state index in [9.17, 15) is 0 Å². The highest BCUT2D eigenvalue weighted by Crippen LogP contribution is 2.57. The molecule has 2 heteroatoms. The number of hydrogen-bond donors (Lipinski definition) is 1. The second kappa shape index (κ2) is 10.4. The Hall–Kier alpha value is -1.99. The molecule has 0 saturated heterocycles. The monoisotopic (exact) mass is 421 g/mol. The van der Waals surface area contributed by atoms with Gasteiger partial charge in [0.25, 0.3) is 0 Å². The summed E-state index contributed by atoms with van der Waals surface area (Å²) in [4.78, 5) is 0. The maximum Gasteiger partial charge on any atom is 0.0665 e. The minimum atomic E-state index is 0. The van der Waals surface area contributed by atoms with Crippen molar-refractivity contribution in [3.63, 3.8) is 0 Å². The van der Waals surface area contributed by atoms with E-state index in [4.69, 9.17) is 0 Å². The molecular formula is C28H36ClN. The number of benzene rings is 2. The Morgan fingerprint density at radius 2 is 1.70 bits per heavy atom. The van der Waals surface area contributed by atoms with Gasteiger partial charge in [0, 0.05) is 5.69 Å². The molecule has 0 radical (unpaired) electrons. The fraction of sp³-hybridized carbons (Fsp3) is 0.429. The fourth-order valence-corrected chi connectivity index (χ4v) is 5.60. The fourth-order valence-electron chi connectivity index (χ4n) is 5.60. The van der Waals surface area contributed by atoms with E-state index in [1.54, 1.807) is 16.7 Å². The first-order chi connectivity index (χ1) is 14.3. The molecule has 1 saturated carbocycles. The molecule has 0 aromatic heterocycles. The lowest BCUT2D eigenvalue weighted by Gasteiger charge is -2.36. The van der Waals surface area contributed by atoms with Crippen molar-refractivity contribution >= 4 is 23.7 Å². The third-order valence-electron chi connectivity index (χ3n) is 6.81. The number of unbranched alkanes of at least 4 members (excludes halogenated alkanes) is 1. The topological polar surface area (TPSA) is 12.0 Å². The van der Waals surface area contributed by atoms with Crippen LogP contribution in [0, 0.1) is 5.92 Å². The quantitative estimate of drug-likeness (QED) is 0.450. The highest BCUT2D eigenvalue weighted by Gasteiger charge is 2.51. The summed E-state index contributed by atoms with van der Waals surface area (Å²) >= 11 is 0. The first kappa shape index (κ1) is 22.7. The molecule has 0 bridgehead atoms. The third-order valence-corrected chi connectivity index (χ3v) is 6.81. The van der Waals surface area contributed by atoms with Crippen LogP contribution < -0.4 is 5.32 Å². The molecule has 0 heterocycles. The number of para-hydroxylation sites is 1. The molecule has 0 amide bonds. The predicted molar refractivity (Wildman–Crippen MR) is 133 cm³/mol. The Morgan fingerprint density at radius 1 is 1.00 bits per heavy atom. The third kappa shape index (κ3) is 4.37. The Bertz CT molecular complexity index is 868. The van der Waals surface area contributed by atoms with Crippen LogP contribution in [-0.4, -0.2) is 5.54 Å². The van der Waals surface area contributed by atoms with E-state index < -0.39 is 0 Å². The van der Waals surface area contributed by atoms with Crippen LogP contribution in [0.25, 0.3) is 5.57 Å². The molecule has 2 aliphatic carbocycles. The number of allylic oxidation sites excluding steroid dienone is 3. The van der Waals surface area contributed by atoms with Crippen molar-refractivity contribution in [3.05, 3.63) is 83.4 Å². The molecule has 2 aromatic rings. The van der Waals surface area contributed by atoms with Crippen molar-refractivity contribution in [2.75, 3.05) is 5.32 Å². The summed E-state index contributed by atoms with van der Waals surface area (Å²) in [5.74, 6) is 0.690. The molecule has 2 atom stereocenters. The van der Waals surface area contributed by atoms with Crippen LogP contribution >= 0.6 is 12.4 Å². The zero-order valence-corrected chi connectivity index (χ0v) is 19.3. The van der Waals surface area contributed by atoms with E-state index >= 15 is 0 Å². The molecule has 1 nitrogen and oxygen atoms in total. The summed E-state index contributed by atoms with van der Waals surface area (Å²) in [6.07, 6.45) is 12.4. The number of nitrogens with one attached hydrogen (secondary N) is 1.